The van der Waals surface area contributed by atoms with Crippen LogP contribution in [0.15, 0.2) is 23.8 Å². The fourth-order valence-electron chi connectivity index (χ4n) is 2.24. The van der Waals surface area contributed by atoms with Gasteiger partial charge >= 0.3 is 0 Å². The fourth-order valence-corrected chi connectivity index (χ4v) is 2.24. The Kier molecular flexibility index (Phi) is 2.42. The summed E-state index contributed by atoms with van der Waals surface area (Å²) in [4.78, 5) is 0. The number of fused-ring (bicyclic) bond motifs is 1. The van der Waals surface area contributed by atoms with Crippen molar-refractivity contribution in [3.05, 3.63) is 40.5 Å². The van der Waals surface area contributed by atoms with Crippen LogP contribution in [-0.4, -0.2) is 6.54 Å². The maximum absolute atomic E-state index is 5.63. The number of aryl methyl sites for hydroxylation is 1. The van der Waals surface area contributed by atoms with Crippen molar-refractivity contribution < 1.29 is 0 Å². The van der Waals surface area contributed by atoms with E-state index in [1.807, 2.05) is 0 Å². The Morgan fingerprint density at radius 3 is 2.79 bits per heavy atom. The SMILES string of the molecule is CC1=C(CCN)c2cc(C)ccc2C1. The van der Waals surface area contributed by atoms with Gasteiger partial charge in [-0.1, -0.05) is 29.3 Å². The number of hydrogen-bond acceptors (Lipinski definition) is 1. The second-order valence-electron chi connectivity index (χ2n) is 4.13. The second kappa shape index (κ2) is 3.58. The van der Waals surface area contributed by atoms with E-state index in [1.54, 1.807) is 0 Å². The predicted octanol–water partition coefficient (Wildman–Crippen LogP) is 2.67. The first kappa shape index (κ1) is 9.47. The molecule has 0 spiro atoms. The van der Waals surface area contributed by atoms with Gasteiger partial charge < -0.3 is 5.73 Å². The highest BCUT2D eigenvalue weighted by Crippen LogP contribution is 2.34. The summed E-state index contributed by atoms with van der Waals surface area (Å²) >= 11 is 0. The zero-order valence-corrected chi connectivity index (χ0v) is 8.93. The van der Waals surface area contributed by atoms with Crippen molar-refractivity contribution in [3.63, 3.8) is 0 Å². The van der Waals surface area contributed by atoms with E-state index in [4.69, 9.17) is 5.73 Å². The molecule has 1 aromatic carbocycles. The summed E-state index contributed by atoms with van der Waals surface area (Å²) in [6.07, 6.45) is 2.13. The van der Waals surface area contributed by atoms with Crippen LogP contribution >= 0.6 is 0 Å². The zero-order chi connectivity index (χ0) is 10.1. The smallest absolute Gasteiger partial charge is 0.00365 e. The molecule has 0 saturated heterocycles. The molecule has 1 aliphatic carbocycles. The third-order valence-corrected chi connectivity index (χ3v) is 2.96. The normalized spacial score (nSPS) is 14.8. The van der Waals surface area contributed by atoms with Gasteiger partial charge in [0.2, 0.25) is 0 Å². The van der Waals surface area contributed by atoms with Crippen molar-refractivity contribution >= 4 is 5.57 Å². The zero-order valence-electron chi connectivity index (χ0n) is 8.93. The summed E-state index contributed by atoms with van der Waals surface area (Å²) in [5.41, 5.74) is 12.9. The number of benzene rings is 1. The van der Waals surface area contributed by atoms with Crippen LogP contribution in [0.4, 0.5) is 0 Å². The molecule has 0 aliphatic heterocycles. The molecule has 14 heavy (non-hydrogen) atoms. The molecule has 0 radical (unpaired) electrons. The Bertz CT molecular complexity index is 388. The van der Waals surface area contributed by atoms with Crippen LogP contribution < -0.4 is 5.73 Å². The fraction of sp³-hybridized carbons (Fsp3) is 0.385. The van der Waals surface area contributed by atoms with E-state index in [0.29, 0.717) is 0 Å². The van der Waals surface area contributed by atoms with E-state index >= 15 is 0 Å². The lowest BCUT2D eigenvalue weighted by Crippen LogP contribution is -2.00. The van der Waals surface area contributed by atoms with Crippen molar-refractivity contribution in [2.24, 2.45) is 5.73 Å². The van der Waals surface area contributed by atoms with Crippen LogP contribution in [-0.2, 0) is 6.42 Å². The summed E-state index contributed by atoms with van der Waals surface area (Å²) in [7, 11) is 0. The molecule has 0 heterocycles. The molecule has 0 atom stereocenters. The molecule has 74 valence electrons. The van der Waals surface area contributed by atoms with Crippen molar-refractivity contribution in [2.45, 2.75) is 26.7 Å². The van der Waals surface area contributed by atoms with E-state index < -0.39 is 0 Å². The molecule has 1 heteroatoms. The standard InChI is InChI=1S/C13H17N/c1-9-3-4-11-8-10(2)12(5-6-14)13(11)7-9/h3-4,7H,5-6,8,14H2,1-2H3. The monoisotopic (exact) mass is 187 g/mol. The summed E-state index contributed by atoms with van der Waals surface area (Å²) in [5.74, 6) is 0. The molecule has 1 nitrogen and oxygen atoms in total. The predicted molar refractivity (Wildman–Crippen MR) is 61.1 cm³/mol. The average Bonchev–Trinajstić information content (AvgIpc) is 2.45. The highest BCUT2D eigenvalue weighted by Gasteiger charge is 2.17. The minimum atomic E-state index is 0.750. The van der Waals surface area contributed by atoms with Gasteiger partial charge in [-0.3, -0.25) is 0 Å². The average molecular weight is 187 g/mol. The van der Waals surface area contributed by atoms with Crippen molar-refractivity contribution in [1.82, 2.24) is 0 Å². The number of allylic oxidation sites excluding steroid dienone is 1. The maximum Gasteiger partial charge on any atom is -0.00365 e. The maximum atomic E-state index is 5.63. The van der Waals surface area contributed by atoms with Gasteiger partial charge in [0.25, 0.3) is 0 Å². The topological polar surface area (TPSA) is 26.0 Å². The molecule has 0 unspecified atom stereocenters. The van der Waals surface area contributed by atoms with Gasteiger partial charge in [-0.2, -0.15) is 0 Å². The van der Waals surface area contributed by atoms with Gasteiger partial charge in [0.15, 0.2) is 0 Å². The summed E-state index contributed by atoms with van der Waals surface area (Å²) in [6, 6.07) is 6.73. The van der Waals surface area contributed by atoms with Crippen molar-refractivity contribution in [3.8, 4) is 0 Å². The number of rotatable bonds is 2. The van der Waals surface area contributed by atoms with Gasteiger partial charge in [-0.25, -0.2) is 0 Å². The molecule has 0 fully saturated rings. The third kappa shape index (κ3) is 1.48. The van der Waals surface area contributed by atoms with E-state index in [-0.39, 0.29) is 0 Å². The number of hydrogen-bond donors (Lipinski definition) is 1. The molecule has 1 aliphatic rings. The van der Waals surface area contributed by atoms with Crippen molar-refractivity contribution in [1.29, 1.82) is 0 Å². The second-order valence-corrected chi connectivity index (χ2v) is 4.13. The van der Waals surface area contributed by atoms with E-state index in [1.165, 1.54) is 27.8 Å². The summed E-state index contributed by atoms with van der Waals surface area (Å²) in [6.45, 7) is 5.12. The van der Waals surface area contributed by atoms with Crippen LogP contribution in [0.25, 0.3) is 5.57 Å². The van der Waals surface area contributed by atoms with Crippen LogP contribution in [0.1, 0.15) is 30.0 Å². The van der Waals surface area contributed by atoms with Crippen LogP contribution in [0.3, 0.4) is 0 Å². The van der Waals surface area contributed by atoms with Crippen LogP contribution in [0.2, 0.25) is 0 Å². The molecule has 2 rings (SSSR count). The summed E-state index contributed by atoms with van der Waals surface area (Å²) < 4.78 is 0. The van der Waals surface area contributed by atoms with Crippen molar-refractivity contribution in [2.75, 3.05) is 6.54 Å². The van der Waals surface area contributed by atoms with E-state index in [9.17, 15) is 0 Å². The molecular weight excluding hydrogens is 170 g/mol. The van der Waals surface area contributed by atoms with Gasteiger partial charge in [0, 0.05) is 0 Å². The largest absolute Gasteiger partial charge is 0.330 e. The number of nitrogens with two attached hydrogens (primary N) is 1. The molecule has 0 amide bonds. The highest BCUT2D eigenvalue weighted by atomic mass is 14.5. The molecular formula is C13H17N. The van der Waals surface area contributed by atoms with Gasteiger partial charge in [-0.15, -0.1) is 0 Å². The lowest BCUT2D eigenvalue weighted by atomic mass is 10.0. The first-order chi connectivity index (χ1) is 6.72. The Hall–Kier alpha value is -1.08. The van der Waals surface area contributed by atoms with E-state index in [2.05, 4.69) is 32.0 Å². The Morgan fingerprint density at radius 1 is 1.29 bits per heavy atom. The minimum absolute atomic E-state index is 0.750. The first-order valence-corrected chi connectivity index (χ1v) is 5.21. The van der Waals surface area contributed by atoms with Gasteiger partial charge in [-0.05, 0) is 49.9 Å². The van der Waals surface area contributed by atoms with Gasteiger partial charge in [0.1, 0.15) is 0 Å². The Labute approximate surface area is 85.6 Å². The van der Waals surface area contributed by atoms with Crippen LogP contribution in [0, 0.1) is 6.92 Å². The molecule has 1 aromatic rings. The highest BCUT2D eigenvalue weighted by molar-refractivity contribution is 5.76. The Morgan fingerprint density at radius 2 is 2.07 bits per heavy atom. The molecule has 0 aromatic heterocycles. The molecule has 0 bridgehead atoms. The van der Waals surface area contributed by atoms with Gasteiger partial charge in [0.05, 0.1) is 0 Å². The van der Waals surface area contributed by atoms with Crippen LogP contribution in [0.5, 0.6) is 0 Å². The summed E-state index contributed by atoms with van der Waals surface area (Å²) in [5, 5.41) is 0. The Balaban J connectivity index is 2.45. The lowest BCUT2D eigenvalue weighted by molar-refractivity contribution is 1.02. The molecule has 0 saturated carbocycles. The quantitative estimate of drug-likeness (QED) is 0.757. The lowest BCUT2D eigenvalue weighted by Gasteiger charge is -2.05. The van der Waals surface area contributed by atoms with E-state index in [0.717, 1.165) is 19.4 Å². The molecule has 2 N–H and O–H groups in total. The minimum Gasteiger partial charge on any atom is -0.330 e. The third-order valence-electron chi connectivity index (χ3n) is 2.96. The first-order valence-electron chi connectivity index (χ1n) is 5.21.